The van der Waals surface area contributed by atoms with E-state index < -0.39 is 24.2 Å². The molecular weight excluding hydrogens is 257 g/mol. The lowest BCUT2D eigenvalue weighted by Crippen LogP contribution is -2.34. The number of carbonyl (C=O) groups excluding carboxylic acids is 1. The zero-order valence-corrected chi connectivity index (χ0v) is 11.3. The molecule has 106 valence electrons. The van der Waals surface area contributed by atoms with Crippen molar-refractivity contribution in [2.75, 3.05) is 0 Å². The lowest BCUT2D eigenvalue weighted by Gasteiger charge is -2.20. The molecule has 1 aromatic carbocycles. The highest BCUT2D eigenvalue weighted by molar-refractivity contribution is 5.99. The zero-order chi connectivity index (χ0) is 14.8. The van der Waals surface area contributed by atoms with Crippen molar-refractivity contribution in [2.45, 2.75) is 46.1 Å². The summed E-state index contributed by atoms with van der Waals surface area (Å²) in [5, 5.41) is 0. The predicted octanol–water partition coefficient (Wildman–Crippen LogP) is 3.84. The van der Waals surface area contributed by atoms with E-state index in [0.29, 0.717) is 5.56 Å². The monoisotopic (exact) mass is 274 g/mol. The highest BCUT2D eigenvalue weighted by atomic mass is 19.4. The van der Waals surface area contributed by atoms with Gasteiger partial charge in [-0.05, 0) is 44.9 Å². The molecule has 5 heteroatoms. The van der Waals surface area contributed by atoms with E-state index in [1.54, 1.807) is 18.2 Å². The van der Waals surface area contributed by atoms with Crippen LogP contribution in [0.1, 0.15) is 35.3 Å². The number of ketones is 1. The van der Waals surface area contributed by atoms with Gasteiger partial charge >= 0.3 is 6.18 Å². The van der Waals surface area contributed by atoms with Crippen LogP contribution in [-0.2, 0) is 4.74 Å². The average Bonchev–Trinajstić information content (AvgIpc) is 2.30. The molecule has 0 saturated heterocycles. The Balaban J connectivity index is 2.80. The summed E-state index contributed by atoms with van der Waals surface area (Å²) in [4.78, 5) is 12.0. The molecular formula is C14H17F3O2. The number of hydrogen-bond acceptors (Lipinski definition) is 2. The van der Waals surface area contributed by atoms with Crippen LogP contribution in [0.4, 0.5) is 13.2 Å². The molecule has 0 fully saturated rings. The first-order chi connectivity index (χ1) is 8.62. The van der Waals surface area contributed by atoms with Gasteiger partial charge in [-0.2, -0.15) is 13.2 Å². The van der Waals surface area contributed by atoms with E-state index in [9.17, 15) is 18.0 Å². The van der Waals surface area contributed by atoms with Crippen LogP contribution >= 0.6 is 0 Å². The standard InChI is InChI=1S/C14H17F3O2/c1-8-5-6-12(7-9(8)2)13(18)10(3)19-11(4)14(15,16)17/h5-7,10-11H,1-4H3. The first-order valence-electron chi connectivity index (χ1n) is 5.96. The van der Waals surface area contributed by atoms with Crippen LogP contribution in [-0.4, -0.2) is 24.2 Å². The van der Waals surface area contributed by atoms with Crippen LogP contribution < -0.4 is 0 Å². The molecule has 0 heterocycles. The third-order valence-electron chi connectivity index (χ3n) is 3.03. The summed E-state index contributed by atoms with van der Waals surface area (Å²) in [5.74, 6) is -0.445. The Bertz CT molecular complexity index is 466. The van der Waals surface area contributed by atoms with Crippen LogP contribution in [0, 0.1) is 13.8 Å². The third kappa shape index (κ3) is 4.06. The summed E-state index contributed by atoms with van der Waals surface area (Å²) in [5.41, 5.74) is 2.31. The minimum atomic E-state index is -4.46. The summed E-state index contributed by atoms with van der Waals surface area (Å²) < 4.78 is 41.8. The van der Waals surface area contributed by atoms with Crippen LogP contribution in [0.2, 0.25) is 0 Å². The maximum atomic E-state index is 12.4. The molecule has 2 atom stereocenters. The molecule has 0 saturated carbocycles. The smallest absolute Gasteiger partial charge is 0.358 e. The maximum Gasteiger partial charge on any atom is 0.414 e. The van der Waals surface area contributed by atoms with E-state index in [4.69, 9.17) is 4.74 Å². The molecule has 0 aliphatic carbocycles. The highest BCUT2D eigenvalue weighted by Gasteiger charge is 2.38. The summed E-state index contributed by atoms with van der Waals surface area (Å²) in [6.45, 7) is 5.97. The molecule has 0 aliphatic rings. The number of Topliss-reactive ketones (excluding diaryl/α,β-unsaturated/α-hetero) is 1. The first-order valence-corrected chi connectivity index (χ1v) is 5.96. The van der Waals surface area contributed by atoms with Crippen LogP contribution in [0.5, 0.6) is 0 Å². The Labute approximate surface area is 110 Å². The number of rotatable bonds is 4. The minimum absolute atomic E-state index is 0.366. The Morgan fingerprint density at radius 2 is 1.74 bits per heavy atom. The molecule has 0 spiro atoms. The van der Waals surface area contributed by atoms with Crippen molar-refractivity contribution in [3.8, 4) is 0 Å². The minimum Gasteiger partial charge on any atom is -0.358 e. The topological polar surface area (TPSA) is 26.3 Å². The van der Waals surface area contributed by atoms with Gasteiger partial charge in [-0.3, -0.25) is 4.79 Å². The van der Waals surface area contributed by atoms with Crippen LogP contribution in [0.25, 0.3) is 0 Å². The number of carbonyl (C=O) groups is 1. The molecule has 1 rings (SSSR count). The van der Waals surface area contributed by atoms with Crippen LogP contribution in [0.15, 0.2) is 18.2 Å². The van der Waals surface area contributed by atoms with E-state index >= 15 is 0 Å². The van der Waals surface area contributed by atoms with Crippen molar-refractivity contribution in [1.29, 1.82) is 0 Å². The molecule has 0 bridgehead atoms. The van der Waals surface area contributed by atoms with Gasteiger partial charge in [-0.15, -0.1) is 0 Å². The third-order valence-corrected chi connectivity index (χ3v) is 3.03. The number of ether oxygens (including phenoxy) is 1. The number of benzene rings is 1. The second-order valence-electron chi connectivity index (χ2n) is 4.63. The average molecular weight is 274 g/mol. The second-order valence-corrected chi connectivity index (χ2v) is 4.63. The van der Waals surface area contributed by atoms with E-state index in [2.05, 4.69) is 0 Å². The summed E-state index contributed by atoms with van der Waals surface area (Å²) in [6.07, 6.45) is -7.55. The Hall–Kier alpha value is -1.36. The molecule has 0 aliphatic heterocycles. The van der Waals surface area contributed by atoms with Gasteiger partial charge in [0.2, 0.25) is 0 Å². The Morgan fingerprint density at radius 3 is 2.21 bits per heavy atom. The SMILES string of the molecule is Cc1ccc(C(=O)C(C)OC(C)C(F)(F)F)cc1C. The first kappa shape index (κ1) is 15.7. The molecule has 2 unspecified atom stereocenters. The van der Waals surface area contributed by atoms with E-state index in [1.807, 2.05) is 13.8 Å². The molecule has 0 N–H and O–H groups in total. The molecule has 0 radical (unpaired) electrons. The highest BCUT2D eigenvalue weighted by Crippen LogP contribution is 2.24. The van der Waals surface area contributed by atoms with Gasteiger partial charge in [-0.25, -0.2) is 0 Å². The van der Waals surface area contributed by atoms with E-state index in [1.165, 1.54) is 6.92 Å². The molecule has 19 heavy (non-hydrogen) atoms. The van der Waals surface area contributed by atoms with Crippen LogP contribution in [0.3, 0.4) is 0 Å². The predicted molar refractivity (Wildman–Crippen MR) is 66.3 cm³/mol. The maximum absolute atomic E-state index is 12.4. The summed E-state index contributed by atoms with van der Waals surface area (Å²) in [7, 11) is 0. The molecule has 0 aromatic heterocycles. The van der Waals surface area contributed by atoms with Crippen molar-refractivity contribution in [2.24, 2.45) is 0 Å². The molecule has 2 nitrogen and oxygen atoms in total. The van der Waals surface area contributed by atoms with Gasteiger partial charge in [0.1, 0.15) is 6.10 Å². The van der Waals surface area contributed by atoms with Crippen molar-refractivity contribution in [1.82, 2.24) is 0 Å². The van der Waals surface area contributed by atoms with E-state index in [-0.39, 0.29) is 0 Å². The van der Waals surface area contributed by atoms with Crippen molar-refractivity contribution in [3.63, 3.8) is 0 Å². The fourth-order valence-electron chi connectivity index (χ4n) is 1.57. The zero-order valence-electron chi connectivity index (χ0n) is 11.3. The van der Waals surface area contributed by atoms with Gasteiger partial charge < -0.3 is 4.74 Å². The van der Waals surface area contributed by atoms with Crippen molar-refractivity contribution < 1.29 is 22.7 Å². The van der Waals surface area contributed by atoms with E-state index in [0.717, 1.165) is 18.1 Å². The second kappa shape index (κ2) is 5.74. The van der Waals surface area contributed by atoms with Gasteiger partial charge in [0.25, 0.3) is 0 Å². The number of hydrogen-bond donors (Lipinski definition) is 0. The number of aryl methyl sites for hydroxylation is 2. The van der Waals surface area contributed by atoms with Gasteiger partial charge in [0, 0.05) is 5.56 Å². The largest absolute Gasteiger partial charge is 0.414 e. The van der Waals surface area contributed by atoms with Crippen molar-refractivity contribution in [3.05, 3.63) is 34.9 Å². The molecule has 1 aromatic rings. The lowest BCUT2D eigenvalue weighted by atomic mass is 10.0. The number of alkyl halides is 3. The summed E-state index contributed by atoms with van der Waals surface area (Å²) >= 11 is 0. The number of halogens is 3. The van der Waals surface area contributed by atoms with Gasteiger partial charge in [0.15, 0.2) is 11.9 Å². The Kier molecular flexibility index (Phi) is 4.74. The molecule has 0 amide bonds. The fraction of sp³-hybridized carbons (Fsp3) is 0.500. The summed E-state index contributed by atoms with van der Waals surface area (Å²) in [6, 6.07) is 5.03. The Morgan fingerprint density at radius 1 is 1.16 bits per heavy atom. The van der Waals surface area contributed by atoms with Gasteiger partial charge in [-0.1, -0.05) is 12.1 Å². The van der Waals surface area contributed by atoms with Crippen molar-refractivity contribution >= 4 is 5.78 Å². The quantitative estimate of drug-likeness (QED) is 0.780. The lowest BCUT2D eigenvalue weighted by molar-refractivity contribution is -0.219. The normalized spacial score (nSPS) is 15.1. The fourth-order valence-corrected chi connectivity index (χ4v) is 1.57. The van der Waals surface area contributed by atoms with Gasteiger partial charge in [0.05, 0.1) is 0 Å².